The molecule has 0 N–H and O–H groups in total. The molecule has 3 fully saturated rings. The average molecular weight is 377 g/mol. The van der Waals surface area contributed by atoms with Gasteiger partial charge in [0.2, 0.25) is 5.91 Å². The number of anilines is 1. The van der Waals surface area contributed by atoms with Crippen molar-refractivity contribution in [3.63, 3.8) is 0 Å². The van der Waals surface area contributed by atoms with E-state index in [4.69, 9.17) is 0 Å². The minimum atomic E-state index is -1.19. The third-order valence-electron chi connectivity index (χ3n) is 4.85. The molecule has 1 aromatic heterocycles. The summed E-state index contributed by atoms with van der Waals surface area (Å²) in [5.74, 6) is -1.71. The number of fused-ring (bicyclic) bond motifs is 3. The number of carbonyl (C=O) groups is 3. The first-order chi connectivity index (χ1) is 10.3. The molecule has 2 aliphatic heterocycles. The Morgan fingerprint density at radius 2 is 2.17 bits per heavy atom. The number of carboxylic acid groups (broad SMARTS) is 1. The van der Waals surface area contributed by atoms with Gasteiger partial charge in [0.25, 0.3) is 5.91 Å². The number of thiophene rings is 1. The molecular formula is C14H13KN2O4S2. The molecule has 3 heterocycles. The smallest absolute Gasteiger partial charge is 0.548 e. The Morgan fingerprint density at radius 1 is 1.48 bits per heavy atom. The number of carbonyl (C=O) groups excluding carboxylic acids is 3. The molecular weight excluding hydrogens is 363 g/mol. The van der Waals surface area contributed by atoms with Crippen LogP contribution in [0.25, 0.3) is 0 Å². The Labute approximate surface area is 184 Å². The molecule has 4 rings (SSSR count). The minimum Gasteiger partial charge on any atom is -0.548 e. The molecule has 0 spiro atoms. The van der Waals surface area contributed by atoms with Gasteiger partial charge in [-0.3, -0.25) is 14.5 Å². The van der Waals surface area contributed by atoms with Crippen molar-refractivity contribution in [3.05, 3.63) is 17.5 Å². The van der Waals surface area contributed by atoms with E-state index in [9.17, 15) is 19.5 Å². The number of aliphatic carboxylic acids is 1. The zero-order chi connectivity index (χ0) is 15.9. The molecule has 1 unspecified atom stereocenters. The van der Waals surface area contributed by atoms with Gasteiger partial charge < -0.3 is 14.8 Å². The van der Waals surface area contributed by atoms with E-state index in [2.05, 4.69) is 0 Å². The SMILES string of the molecule is CC(=O)N(c1cccs1)[C@@H]1C(=O)N2[C@@H]1SC1(C)C[C@]21C(=O)[O-].[K+]. The largest absolute Gasteiger partial charge is 1.00 e. The Kier molecular flexibility index (Phi) is 4.32. The summed E-state index contributed by atoms with van der Waals surface area (Å²) in [6.45, 7) is 3.27. The first-order valence-electron chi connectivity index (χ1n) is 6.89. The van der Waals surface area contributed by atoms with Gasteiger partial charge in [0.1, 0.15) is 11.4 Å². The van der Waals surface area contributed by atoms with E-state index in [1.54, 1.807) is 6.07 Å². The van der Waals surface area contributed by atoms with Crippen molar-refractivity contribution in [2.75, 3.05) is 4.90 Å². The summed E-state index contributed by atoms with van der Waals surface area (Å²) < 4.78 is -0.501. The zero-order valence-electron chi connectivity index (χ0n) is 12.9. The van der Waals surface area contributed by atoms with Crippen LogP contribution in [0.3, 0.4) is 0 Å². The van der Waals surface area contributed by atoms with Gasteiger partial charge in [-0.1, -0.05) is 0 Å². The number of β-lactam (4-membered cyclic amide) rings is 1. The molecule has 2 amide bonds. The molecule has 1 saturated carbocycles. The summed E-state index contributed by atoms with van der Waals surface area (Å²) in [7, 11) is 0. The van der Waals surface area contributed by atoms with Gasteiger partial charge in [0.05, 0.1) is 16.5 Å². The summed E-state index contributed by atoms with van der Waals surface area (Å²) in [6, 6.07) is 2.99. The standard InChI is InChI=1S/C14H14N2O4S2.K/c1-7(17)15(8-4-3-5-21-8)9-10(18)16-11(9)22-13(2)6-14(13,16)12(19)20;/h3-5,9,11H,6H2,1-2H3,(H,19,20);/q;+1/p-1/t9-,11-,13?,14-;/m1./s1. The first-order valence-corrected chi connectivity index (χ1v) is 8.65. The van der Waals surface area contributed by atoms with Gasteiger partial charge in [-0.05, 0) is 30.9 Å². The van der Waals surface area contributed by atoms with Crippen molar-refractivity contribution in [1.82, 2.24) is 4.90 Å². The van der Waals surface area contributed by atoms with Crippen LogP contribution in [-0.2, 0) is 14.4 Å². The molecule has 23 heavy (non-hydrogen) atoms. The molecule has 0 radical (unpaired) electrons. The van der Waals surface area contributed by atoms with Crippen LogP contribution < -0.4 is 61.4 Å². The fraction of sp³-hybridized carbons (Fsp3) is 0.500. The van der Waals surface area contributed by atoms with Crippen LogP contribution in [0.1, 0.15) is 20.3 Å². The minimum absolute atomic E-state index is 0. The predicted molar refractivity (Wildman–Crippen MR) is 80.3 cm³/mol. The maximum absolute atomic E-state index is 12.6. The third-order valence-corrected chi connectivity index (χ3v) is 7.43. The van der Waals surface area contributed by atoms with Crippen molar-refractivity contribution in [2.45, 2.75) is 42.0 Å². The monoisotopic (exact) mass is 376 g/mol. The van der Waals surface area contributed by atoms with Crippen LogP contribution in [0.5, 0.6) is 0 Å². The fourth-order valence-corrected chi connectivity index (χ4v) is 6.45. The van der Waals surface area contributed by atoms with Gasteiger partial charge in [0, 0.05) is 11.7 Å². The maximum Gasteiger partial charge on any atom is 1.00 e. The Balaban J connectivity index is 0.00000156. The number of hydrogen-bond donors (Lipinski definition) is 0. The van der Waals surface area contributed by atoms with E-state index in [-0.39, 0.29) is 68.6 Å². The van der Waals surface area contributed by atoms with Crippen LogP contribution in [0.15, 0.2) is 17.5 Å². The summed E-state index contributed by atoms with van der Waals surface area (Å²) >= 11 is 2.85. The van der Waals surface area contributed by atoms with E-state index in [0.717, 1.165) is 0 Å². The summed E-state index contributed by atoms with van der Waals surface area (Å²) in [6.07, 6.45) is 0.418. The number of carboxylic acids is 1. The predicted octanol–water partition coefficient (Wildman–Crippen LogP) is -2.96. The van der Waals surface area contributed by atoms with Crippen molar-refractivity contribution in [1.29, 1.82) is 0 Å². The maximum atomic E-state index is 12.6. The van der Waals surface area contributed by atoms with E-state index in [1.807, 2.05) is 18.4 Å². The Morgan fingerprint density at radius 3 is 2.70 bits per heavy atom. The van der Waals surface area contributed by atoms with Crippen LogP contribution in [-0.4, -0.2) is 44.4 Å². The quantitative estimate of drug-likeness (QED) is 0.416. The Bertz CT molecular complexity index is 712. The number of nitrogens with zero attached hydrogens (tertiary/aromatic N) is 2. The van der Waals surface area contributed by atoms with Gasteiger partial charge in [-0.15, -0.1) is 23.1 Å². The molecule has 0 aromatic carbocycles. The average Bonchev–Trinajstić information content (AvgIpc) is 2.81. The van der Waals surface area contributed by atoms with Crippen molar-refractivity contribution in [3.8, 4) is 0 Å². The van der Waals surface area contributed by atoms with Gasteiger partial charge in [-0.2, -0.15) is 0 Å². The summed E-state index contributed by atoms with van der Waals surface area (Å²) in [5.41, 5.74) is -1.19. The fourth-order valence-electron chi connectivity index (χ4n) is 3.68. The molecule has 0 bridgehead atoms. The molecule has 1 aromatic rings. The van der Waals surface area contributed by atoms with E-state index in [1.165, 1.54) is 39.8 Å². The van der Waals surface area contributed by atoms with Crippen molar-refractivity contribution >= 4 is 45.9 Å². The van der Waals surface area contributed by atoms with Gasteiger partial charge in [-0.25, -0.2) is 0 Å². The van der Waals surface area contributed by atoms with E-state index >= 15 is 0 Å². The van der Waals surface area contributed by atoms with Crippen LogP contribution in [0.4, 0.5) is 5.00 Å². The van der Waals surface area contributed by atoms with Crippen molar-refractivity contribution < 1.29 is 70.9 Å². The van der Waals surface area contributed by atoms with Gasteiger partial charge in [0.15, 0.2) is 0 Å². The molecule has 1 aliphatic carbocycles. The molecule has 2 saturated heterocycles. The van der Waals surface area contributed by atoms with Gasteiger partial charge >= 0.3 is 51.4 Å². The summed E-state index contributed by atoms with van der Waals surface area (Å²) in [4.78, 5) is 39.1. The number of rotatable bonds is 3. The van der Waals surface area contributed by atoms with Crippen molar-refractivity contribution in [2.24, 2.45) is 0 Å². The molecule has 6 nitrogen and oxygen atoms in total. The normalized spacial score (nSPS) is 36.4. The molecule has 9 heteroatoms. The van der Waals surface area contributed by atoms with Crippen LogP contribution >= 0.6 is 23.1 Å². The first kappa shape index (κ1) is 17.9. The Hall–Kier alpha value is 0.0964. The topological polar surface area (TPSA) is 80.8 Å². The van der Waals surface area contributed by atoms with E-state index in [0.29, 0.717) is 11.4 Å². The molecule has 116 valence electrons. The second-order valence-corrected chi connectivity index (χ2v) is 8.60. The summed E-state index contributed by atoms with van der Waals surface area (Å²) in [5, 5.41) is 13.8. The molecule has 3 aliphatic rings. The number of hydrogen-bond acceptors (Lipinski definition) is 6. The van der Waals surface area contributed by atoms with E-state index < -0.39 is 22.3 Å². The second-order valence-electron chi connectivity index (χ2n) is 6.06. The second kappa shape index (κ2) is 5.55. The zero-order valence-corrected chi connectivity index (χ0v) is 17.7. The molecule has 4 atom stereocenters. The number of thioether (sulfide) groups is 1. The third kappa shape index (κ3) is 2.11. The van der Waals surface area contributed by atoms with Crippen LogP contribution in [0.2, 0.25) is 0 Å². The number of amides is 2. The van der Waals surface area contributed by atoms with Crippen LogP contribution in [0, 0.1) is 0 Å².